The summed E-state index contributed by atoms with van der Waals surface area (Å²) >= 11 is 0. The lowest BCUT2D eigenvalue weighted by Gasteiger charge is -2.29. The number of aryl methyl sites for hydroxylation is 1. The molecule has 1 aliphatic rings. The average molecular weight is 276 g/mol. The van der Waals surface area contributed by atoms with E-state index < -0.39 is 0 Å². The van der Waals surface area contributed by atoms with Gasteiger partial charge in [-0.25, -0.2) is 0 Å². The molecule has 1 heterocycles. The normalized spacial score (nSPS) is 23.0. The predicted octanol–water partition coefficient (Wildman–Crippen LogP) is 4.35. The molecule has 1 aromatic rings. The molecule has 0 radical (unpaired) electrons. The third-order valence-corrected chi connectivity index (χ3v) is 4.78. The summed E-state index contributed by atoms with van der Waals surface area (Å²) < 4.78 is 2.21. The Morgan fingerprint density at radius 3 is 2.55 bits per heavy atom. The summed E-state index contributed by atoms with van der Waals surface area (Å²) in [5.74, 6) is 1.00. The molecule has 112 valence electrons. The lowest BCUT2D eigenvalue weighted by Crippen LogP contribution is -2.21. The molecular formula is C17H28N2O. The molecule has 0 spiro atoms. The Labute approximate surface area is 122 Å². The van der Waals surface area contributed by atoms with Crippen molar-refractivity contribution in [3.05, 3.63) is 17.0 Å². The van der Waals surface area contributed by atoms with Crippen LogP contribution in [0, 0.1) is 5.92 Å². The molecule has 0 bridgehead atoms. The van der Waals surface area contributed by atoms with Crippen molar-refractivity contribution in [1.29, 1.82) is 0 Å². The monoisotopic (exact) mass is 276 g/mol. The van der Waals surface area contributed by atoms with Crippen molar-refractivity contribution in [1.82, 2.24) is 9.78 Å². The molecule has 1 fully saturated rings. The Bertz CT molecular complexity index is 476. The van der Waals surface area contributed by atoms with Crippen molar-refractivity contribution in [2.75, 3.05) is 0 Å². The van der Waals surface area contributed by atoms with Crippen LogP contribution >= 0.6 is 0 Å². The number of nitrogens with zero attached hydrogens (tertiary/aromatic N) is 2. The standard InChI is InChI=1S/C17H28N2O/c1-5-13-9-8-10-14(11-13)19-16(7-3)17(12(4)20)15(6-2)18-19/h13-14H,5-11H2,1-4H3. The highest BCUT2D eigenvalue weighted by atomic mass is 16.1. The number of carbonyl (C=O) groups is 1. The summed E-state index contributed by atoms with van der Waals surface area (Å²) in [5.41, 5.74) is 3.05. The van der Waals surface area contributed by atoms with E-state index in [1.807, 2.05) is 0 Å². The lowest BCUT2D eigenvalue weighted by molar-refractivity contribution is 0.101. The molecular weight excluding hydrogens is 248 g/mol. The van der Waals surface area contributed by atoms with Gasteiger partial charge in [0.15, 0.2) is 5.78 Å². The van der Waals surface area contributed by atoms with Crippen molar-refractivity contribution >= 4 is 5.78 Å². The van der Waals surface area contributed by atoms with Gasteiger partial charge in [0.25, 0.3) is 0 Å². The van der Waals surface area contributed by atoms with Gasteiger partial charge in [-0.15, -0.1) is 0 Å². The molecule has 0 aliphatic heterocycles. The fourth-order valence-corrected chi connectivity index (χ4v) is 3.67. The molecule has 0 saturated heterocycles. The molecule has 1 aliphatic carbocycles. The number of hydrogen-bond donors (Lipinski definition) is 0. The minimum atomic E-state index is 0.174. The Morgan fingerprint density at radius 1 is 1.25 bits per heavy atom. The SMILES string of the molecule is CCc1nn(C2CCCC(CC)C2)c(CC)c1C(C)=O. The van der Waals surface area contributed by atoms with Crippen molar-refractivity contribution in [3.8, 4) is 0 Å². The maximum atomic E-state index is 12.0. The predicted molar refractivity (Wildman–Crippen MR) is 82.3 cm³/mol. The van der Waals surface area contributed by atoms with Gasteiger partial charge in [-0.3, -0.25) is 9.48 Å². The van der Waals surface area contributed by atoms with E-state index in [4.69, 9.17) is 5.10 Å². The minimum absolute atomic E-state index is 0.174. The molecule has 0 amide bonds. The molecule has 2 atom stereocenters. The van der Waals surface area contributed by atoms with E-state index in [0.717, 1.165) is 35.7 Å². The van der Waals surface area contributed by atoms with Crippen molar-refractivity contribution < 1.29 is 4.79 Å². The first kappa shape index (κ1) is 15.3. The maximum absolute atomic E-state index is 12.0. The molecule has 0 aromatic carbocycles. The Morgan fingerprint density at radius 2 is 2.00 bits per heavy atom. The third kappa shape index (κ3) is 2.82. The molecule has 3 nitrogen and oxygen atoms in total. The highest BCUT2D eigenvalue weighted by molar-refractivity contribution is 5.96. The van der Waals surface area contributed by atoms with Crippen LogP contribution in [0.15, 0.2) is 0 Å². The van der Waals surface area contributed by atoms with Gasteiger partial charge in [0.2, 0.25) is 0 Å². The second-order valence-corrected chi connectivity index (χ2v) is 6.07. The van der Waals surface area contributed by atoms with Crippen LogP contribution < -0.4 is 0 Å². The summed E-state index contributed by atoms with van der Waals surface area (Å²) in [5, 5.41) is 4.81. The minimum Gasteiger partial charge on any atom is -0.294 e. The molecule has 1 aromatic heterocycles. The van der Waals surface area contributed by atoms with E-state index in [0.29, 0.717) is 6.04 Å². The number of hydrogen-bond acceptors (Lipinski definition) is 2. The second kappa shape index (κ2) is 6.55. The maximum Gasteiger partial charge on any atom is 0.163 e. The van der Waals surface area contributed by atoms with Gasteiger partial charge >= 0.3 is 0 Å². The van der Waals surface area contributed by atoms with Gasteiger partial charge in [-0.05, 0) is 38.5 Å². The first-order valence-corrected chi connectivity index (χ1v) is 8.23. The molecule has 2 unspecified atom stereocenters. The van der Waals surface area contributed by atoms with E-state index in [2.05, 4.69) is 25.5 Å². The molecule has 1 saturated carbocycles. The highest BCUT2D eigenvalue weighted by Gasteiger charge is 2.27. The highest BCUT2D eigenvalue weighted by Crippen LogP contribution is 2.35. The Balaban J connectivity index is 2.38. The molecule has 2 rings (SSSR count). The summed E-state index contributed by atoms with van der Waals surface area (Å²) in [6.45, 7) is 8.19. The fourth-order valence-electron chi connectivity index (χ4n) is 3.67. The van der Waals surface area contributed by atoms with E-state index >= 15 is 0 Å². The zero-order valence-electron chi connectivity index (χ0n) is 13.4. The molecule has 0 N–H and O–H groups in total. The van der Waals surface area contributed by atoms with E-state index in [1.165, 1.54) is 32.1 Å². The van der Waals surface area contributed by atoms with Crippen LogP contribution in [0.5, 0.6) is 0 Å². The first-order chi connectivity index (χ1) is 9.62. The van der Waals surface area contributed by atoms with Gasteiger partial charge in [0.1, 0.15) is 0 Å². The first-order valence-electron chi connectivity index (χ1n) is 8.23. The summed E-state index contributed by atoms with van der Waals surface area (Å²) in [6, 6.07) is 0.502. The van der Waals surface area contributed by atoms with Gasteiger partial charge in [-0.1, -0.05) is 40.0 Å². The quantitative estimate of drug-likeness (QED) is 0.749. The Kier molecular flexibility index (Phi) is 5.00. The zero-order valence-corrected chi connectivity index (χ0v) is 13.4. The number of Topliss-reactive ketones (excluding diaryl/α,β-unsaturated/α-hetero) is 1. The van der Waals surface area contributed by atoms with Crippen LogP contribution in [0.2, 0.25) is 0 Å². The lowest BCUT2D eigenvalue weighted by atomic mass is 9.84. The van der Waals surface area contributed by atoms with E-state index in [1.54, 1.807) is 6.92 Å². The van der Waals surface area contributed by atoms with Crippen LogP contribution in [0.25, 0.3) is 0 Å². The van der Waals surface area contributed by atoms with Crippen molar-refractivity contribution in [3.63, 3.8) is 0 Å². The number of carbonyl (C=O) groups excluding carboxylic acids is 1. The van der Waals surface area contributed by atoms with Crippen molar-refractivity contribution in [2.24, 2.45) is 5.92 Å². The Hall–Kier alpha value is -1.12. The van der Waals surface area contributed by atoms with Crippen LogP contribution in [-0.4, -0.2) is 15.6 Å². The van der Waals surface area contributed by atoms with Crippen LogP contribution in [0.4, 0.5) is 0 Å². The van der Waals surface area contributed by atoms with E-state index in [9.17, 15) is 4.79 Å². The van der Waals surface area contributed by atoms with Gasteiger partial charge < -0.3 is 0 Å². The number of ketones is 1. The largest absolute Gasteiger partial charge is 0.294 e. The van der Waals surface area contributed by atoms with Crippen LogP contribution in [0.3, 0.4) is 0 Å². The van der Waals surface area contributed by atoms with Crippen LogP contribution in [0.1, 0.15) is 87.6 Å². The molecule has 3 heteroatoms. The van der Waals surface area contributed by atoms with Gasteiger partial charge in [-0.2, -0.15) is 5.10 Å². The smallest absolute Gasteiger partial charge is 0.163 e. The number of aromatic nitrogens is 2. The molecule has 20 heavy (non-hydrogen) atoms. The second-order valence-electron chi connectivity index (χ2n) is 6.07. The summed E-state index contributed by atoms with van der Waals surface area (Å²) in [4.78, 5) is 12.0. The van der Waals surface area contributed by atoms with Crippen molar-refractivity contribution in [2.45, 2.75) is 78.7 Å². The van der Waals surface area contributed by atoms with E-state index in [-0.39, 0.29) is 5.78 Å². The zero-order chi connectivity index (χ0) is 14.7. The van der Waals surface area contributed by atoms with Gasteiger partial charge in [0, 0.05) is 5.69 Å². The average Bonchev–Trinajstić information content (AvgIpc) is 2.86. The third-order valence-electron chi connectivity index (χ3n) is 4.78. The topological polar surface area (TPSA) is 34.9 Å². The van der Waals surface area contributed by atoms with Crippen LogP contribution in [-0.2, 0) is 12.8 Å². The summed E-state index contributed by atoms with van der Waals surface area (Å²) in [6.07, 6.45) is 8.10. The summed E-state index contributed by atoms with van der Waals surface area (Å²) in [7, 11) is 0. The number of rotatable bonds is 5. The fraction of sp³-hybridized carbons (Fsp3) is 0.765. The van der Waals surface area contributed by atoms with Gasteiger partial charge in [0.05, 0.1) is 17.3 Å².